The maximum Gasteiger partial charge on any atom is 0.137 e. The minimum Gasteiger partial charge on any atom is -0.490 e. The van der Waals surface area contributed by atoms with E-state index in [2.05, 4.69) is 32.0 Å². The van der Waals surface area contributed by atoms with E-state index in [9.17, 15) is 5.26 Å². The standard InChI is InChI=1S/C22H21NO2/c1-16(2)17-7-10-19(11-8-17)24-13-14-25-22-12-9-18-5-3-4-6-20(18)21(22)15-23/h3-12,16H,13-14H2,1-2H3. The van der Waals surface area contributed by atoms with Gasteiger partial charge in [0.2, 0.25) is 0 Å². The molecule has 3 aromatic rings. The first-order chi connectivity index (χ1) is 12.2. The number of rotatable bonds is 6. The van der Waals surface area contributed by atoms with Gasteiger partial charge in [-0.25, -0.2) is 0 Å². The van der Waals surface area contributed by atoms with Crippen LogP contribution in [0.15, 0.2) is 60.7 Å². The Morgan fingerprint density at radius 1 is 0.880 bits per heavy atom. The lowest BCUT2D eigenvalue weighted by molar-refractivity contribution is 0.217. The lowest BCUT2D eigenvalue weighted by Gasteiger charge is -2.12. The van der Waals surface area contributed by atoms with Crippen LogP contribution in [0, 0.1) is 11.3 Å². The number of ether oxygens (including phenoxy) is 2. The van der Waals surface area contributed by atoms with E-state index in [1.807, 2.05) is 48.5 Å². The molecule has 25 heavy (non-hydrogen) atoms. The number of benzene rings is 3. The summed E-state index contributed by atoms with van der Waals surface area (Å²) in [6, 6.07) is 22.0. The van der Waals surface area contributed by atoms with E-state index in [-0.39, 0.29) is 0 Å². The molecule has 0 unspecified atom stereocenters. The molecule has 0 spiro atoms. The van der Waals surface area contributed by atoms with Gasteiger partial charge in [-0.1, -0.05) is 56.3 Å². The zero-order valence-corrected chi connectivity index (χ0v) is 14.5. The zero-order chi connectivity index (χ0) is 17.6. The molecule has 0 radical (unpaired) electrons. The first-order valence-corrected chi connectivity index (χ1v) is 8.46. The highest BCUT2D eigenvalue weighted by Gasteiger charge is 2.08. The number of hydrogen-bond donors (Lipinski definition) is 0. The maximum absolute atomic E-state index is 9.46. The van der Waals surface area contributed by atoms with Crippen LogP contribution in [-0.4, -0.2) is 13.2 Å². The van der Waals surface area contributed by atoms with E-state index < -0.39 is 0 Å². The van der Waals surface area contributed by atoms with Crippen LogP contribution in [0.25, 0.3) is 10.8 Å². The van der Waals surface area contributed by atoms with Crippen molar-refractivity contribution in [2.45, 2.75) is 19.8 Å². The molecule has 0 saturated heterocycles. The lowest BCUT2D eigenvalue weighted by Crippen LogP contribution is -2.09. The fraction of sp³-hybridized carbons (Fsp3) is 0.227. The number of hydrogen-bond acceptors (Lipinski definition) is 3. The van der Waals surface area contributed by atoms with Gasteiger partial charge in [0.15, 0.2) is 0 Å². The van der Waals surface area contributed by atoms with Crippen molar-refractivity contribution in [3.63, 3.8) is 0 Å². The monoisotopic (exact) mass is 331 g/mol. The third kappa shape index (κ3) is 3.92. The molecule has 0 aliphatic heterocycles. The SMILES string of the molecule is CC(C)c1ccc(OCCOc2ccc3ccccc3c2C#N)cc1. The smallest absolute Gasteiger partial charge is 0.137 e. The molecule has 3 nitrogen and oxygen atoms in total. The fourth-order valence-corrected chi connectivity index (χ4v) is 2.75. The first-order valence-electron chi connectivity index (χ1n) is 8.46. The van der Waals surface area contributed by atoms with Crippen molar-refractivity contribution in [1.82, 2.24) is 0 Å². The summed E-state index contributed by atoms with van der Waals surface area (Å²) < 4.78 is 11.5. The van der Waals surface area contributed by atoms with Gasteiger partial charge in [0, 0.05) is 5.39 Å². The largest absolute Gasteiger partial charge is 0.490 e. The highest BCUT2D eigenvalue weighted by Crippen LogP contribution is 2.27. The van der Waals surface area contributed by atoms with Gasteiger partial charge in [-0.05, 0) is 35.1 Å². The second-order valence-electron chi connectivity index (χ2n) is 6.19. The average Bonchev–Trinajstić information content (AvgIpc) is 2.65. The summed E-state index contributed by atoms with van der Waals surface area (Å²) in [5, 5.41) is 11.4. The Bertz CT molecular complexity index is 892. The predicted molar refractivity (Wildman–Crippen MR) is 100 cm³/mol. The molecule has 0 atom stereocenters. The summed E-state index contributed by atoms with van der Waals surface area (Å²) in [6.07, 6.45) is 0. The van der Waals surface area contributed by atoms with Crippen molar-refractivity contribution in [1.29, 1.82) is 5.26 Å². The Morgan fingerprint density at radius 2 is 1.60 bits per heavy atom. The van der Waals surface area contributed by atoms with Gasteiger partial charge < -0.3 is 9.47 Å². The molecule has 3 heteroatoms. The van der Waals surface area contributed by atoms with Gasteiger partial charge in [0.25, 0.3) is 0 Å². The number of nitrogens with zero attached hydrogens (tertiary/aromatic N) is 1. The first kappa shape index (κ1) is 16.9. The van der Waals surface area contributed by atoms with Gasteiger partial charge in [-0.15, -0.1) is 0 Å². The molecule has 0 aliphatic rings. The Balaban J connectivity index is 1.61. The highest BCUT2D eigenvalue weighted by molar-refractivity contribution is 5.90. The Labute approximate surface area is 148 Å². The van der Waals surface area contributed by atoms with Crippen LogP contribution in [-0.2, 0) is 0 Å². The normalized spacial score (nSPS) is 10.6. The van der Waals surface area contributed by atoms with Crippen LogP contribution in [0.5, 0.6) is 11.5 Å². The molecule has 3 rings (SSSR count). The van der Waals surface area contributed by atoms with Crippen molar-refractivity contribution in [3.05, 3.63) is 71.8 Å². The summed E-state index contributed by atoms with van der Waals surface area (Å²) in [4.78, 5) is 0. The third-order valence-corrected chi connectivity index (χ3v) is 4.16. The second kappa shape index (κ2) is 7.72. The zero-order valence-electron chi connectivity index (χ0n) is 14.5. The quantitative estimate of drug-likeness (QED) is 0.576. The van der Waals surface area contributed by atoms with Crippen molar-refractivity contribution < 1.29 is 9.47 Å². The molecule has 0 saturated carbocycles. The van der Waals surface area contributed by atoms with E-state index in [4.69, 9.17) is 9.47 Å². The molecule has 0 aromatic heterocycles. The van der Waals surface area contributed by atoms with Crippen LogP contribution in [0.2, 0.25) is 0 Å². The molecule has 0 bridgehead atoms. The second-order valence-corrected chi connectivity index (χ2v) is 6.19. The Kier molecular flexibility index (Phi) is 5.20. The summed E-state index contributed by atoms with van der Waals surface area (Å²) in [5.41, 5.74) is 1.86. The fourth-order valence-electron chi connectivity index (χ4n) is 2.75. The topological polar surface area (TPSA) is 42.2 Å². The van der Waals surface area contributed by atoms with Gasteiger partial charge >= 0.3 is 0 Å². The van der Waals surface area contributed by atoms with Crippen LogP contribution in [0.3, 0.4) is 0 Å². The highest BCUT2D eigenvalue weighted by atomic mass is 16.5. The summed E-state index contributed by atoms with van der Waals surface area (Å²) >= 11 is 0. The van der Waals surface area contributed by atoms with E-state index >= 15 is 0 Å². The maximum atomic E-state index is 9.46. The molecular formula is C22H21NO2. The van der Waals surface area contributed by atoms with E-state index in [1.54, 1.807) is 0 Å². The minimum atomic E-state index is 0.388. The minimum absolute atomic E-state index is 0.388. The molecule has 0 aliphatic carbocycles. The molecule has 0 fully saturated rings. The molecular weight excluding hydrogens is 310 g/mol. The number of nitriles is 1. The molecule has 0 N–H and O–H groups in total. The van der Waals surface area contributed by atoms with Crippen molar-refractivity contribution in [2.24, 2.45) is 0 Å². The Hall–Kier alpha value is -2.99. The van der Waals surface area contributed by atoms with Crippen LogP contribution in [0.1, 0.15) is 30.9 Å². The van der Waals surface area contributed by atoms with E-state index in [0.717, 1.165) is 16.5 Å². The van der Waals surface area contributed by atoms with E-state index in [0.29, 0.717) is 30.4 Å². The van der Waals surface area contributed by atoms with Crippen molar-refractivity contribution in [2.75, 3.05) is 13.2 Å². The van der Waals surface area contributed by atoms with Gasteiger partial charge in [-0.3, -0.25) is 0 Å². The van der Waals surface area contributed by atoms with Gasteiger partial charge in [0.1, 0.15) is 36.3 Å². The van der Waals surface area contributed by atoms with Crippen molar-refractivity contribution >= 4 is 10.8 Å². The average molecular weight is 331 g/mol. The number of fused-ring (bicyclic) bond motifs is 1. The van der Waals surface area contributed by atoms with Gasteiger partial charge in [-0.2, -0.15) is 5.26 Å². The lowest BCUT2D eigenvalue weighted by atomic mass is 10.0. The molecule has 126 valence electrons. The molecule has 3 aromatic carbocycles. The van der Waals surface area contributed by atoms with Gasteiger partial charge in [0.05, 0.1) is 0 Å². The van der Waals surface area contributed by atoms with Crippen LogP contribution < -0.4 is 9.47 Å². The van der Waals surface area contributed by atoms with Crippen LogP contribution >= 0.6 is 0 Å². The molecule has 0 amide bonds. The Morgan fingerprint density at radius 3 is 2.32 bits per heavy atom. The van der Waals surface area contributed by atoms with E-state index in [1.165, 1.54) is 5.56 Å². The third-order valence-electron chi connectivity index (χ3n) is 4.16. The predicted octanol–water partition coefficient (Wildman–Crippen LogP) is 5.29. The summed E-state index contributed by atoms with van der Waals surface area (Å²) in [7, 11) is 0. The van der Waals surface area contributed by atoms with Crippen LogP contribution in [0.4, 0.5) is 0 Å². The molecule has 0 heterocycles. The van der Waals surface area contributed by atoms with Crippen molar-refractivity contribution in [3.8, 4) is 17.6 Å². The summed E-state index contributed by atoms with van der Waals surface area (Å²) in [6.45, 7) is 5.15. The summed E-state index contributed by atoms with van der Waals surface area (Å²) in [5.74, 6) is 1.93.